The van der Waals surface area contributed by atoms with Crippen LogP contribution in [0.5, 0.6) is 0 Å². The van der Waals surface area contributed by atoms with E-state index in [1.165, 1.54) is 16.7 Å². The van der Waals surface area contributed by atoms with E-state index in [0.717, 1.165) is 19.2 Å². The zero-order valence-electron chi connectivity index (χ0n) is 16.2. The predicted molar refractivity (Wildman–Crippen MR) is 105 cm³/mol. The van der Waals surface area contributed by atoms with E-state index in [2.05, 4.69) is 4.90 Å². The molecule has 2 N–H and O–H groups in total. The van der Waals surface area contributed by atoms with Crippen molar-refractivity contribution in [2.75, 3.05) is 45.5 Å². The van der Waals surface area contributed by atoms with Crippen LogP contribution in [0.1, 0.15) is 12.0 Å². The number of carbonyl (C=O) groups excluding carboxylic acids is 2. The Morgan fingerprint density at radius 3 is 2.45 bits per heavy atom. The van der Waals surface area contributed by atoms with Crippen LogP contribution in [0.15, 0.2) is 12.1 Å². The van der Waals surface area contributed by atoms with Crippen LogP contribution >= 0.6 is 11.8 Å². The summed E-state index contributed by atoms with van der Waals surface area (Å²) in [5.74, 6) is -3.04. The molecule has 6 nitrogen and oxygen atoms in total. The first-order valence-corrected chi connectivity index (χ1v) is 10.6. The minimum atomic E-state index is -1.27. The molecule has 0 bridgehead atoms. The number of hydrogen-bond donors (Lipinski definition) is 1. The monoisotopic (exact) mass is 430 g/mol. The highest BCUT2D eigenvalue weighted by atomic mass is 32.2. The molecular weight excluding hydrogens is 405 g/mol. The minimum absolute atomic E-state index is 0.0748. The molecule has 29 heavy (non-hydrogen) atoms. The fraction of sp³-hybridized carbons (Fsp3) is 0.579. The number of benzene rings is 1. The Morgan fingerprint density at radius 2 is 1.76 bits per heavy atom. The van der Waals surface area contributed by atoms with Crippen molar-refractivity contribution in [3.05, 3.63) is 35.1 Å². The van der Waals surface area contributed by atoms with Crippen molar-refractivity contribution in [1.82, 2.24) is 14.7 Å². The first-order valence-electron chi connectivity index (χ1n) is 9.53. The fourth-order valence-electron chi connectivity index (χ4n) is 3.53. The molecule has 2 amide bonds. The van der Waals surface area contributed by atoms with Gasteiger partial charge in [-0.25, -0.2) is 13.2 Å². The van der Waals surface area contributed by atoms with Crippen LogP contribution in [0.4, 0.5) is 13.2 Å². The van der Waals surface area contributed by atoms with E-state index < -0.39 is 28.9 Å². The number of thioether (sulfide) groups is 1. The Kier molecular flexibility index (Phi) is 7.07. The summed E-state index contributed by atoms with van der Waals surface area (Å²) >= 11 is 1.43. The Morgan fingerprint density at radius 1 is 1.10 bits per heavy atom. The molecule has 0 radical (unpaired) electrons. The third-order valence-electron chi connectivity index (χ3n) is 5.25. The number of carbonyl (C=O) groups is 2. The summed E-state index contributed by atoms with van der Waals surface area (Å²) in [6.45, 7) is 3.29. The van der Waals surface area contributed by atoms with E-state index in [1.54, 1.807) is 4.90 Å². The van der Waals surface area contributed by atoms with Crippen molar-refractivity contribution in [1.29, 1.82) is 0 Å². The number of rotatable bonds is 5. The highest BCUT2D eigenvalue weighted by Gasteiger charge is 2.38. The van der Waals surface area contributed by atoms with Crippen LogP contribution in [0.25, 0.3) is 0 Å². The molecule has 10 heteroatoms. The first kappa shape index (κ1) is 21.9. The lowest BCUT2D eigenvalue weighted by molar-refractivity contribution is -0.142. The maximum Gasteiger partial charge on any atom is 0.255 e. The molecule has 160 valence electrons. The van der Waals surface area contributed by atoms with Crippen molar-refractivity contribution in [3.63, 3.8) is 0 Å². The van der Waals surface area contributed by atoms with E-state index in [1.807, 2.05) is 7.05 Å². The summed E-state index contributed by atoms with van der Waals surface area (Å²) in [6.07, 6.45) is -0.210. The maximum atomic E-state index is 13.8. The van der Waals surface area contributed by atoms with Crippen molar-refractivity contribution in [3.8, 4) is 0 Å². The summed E-state index contributed by atoms with van der Waals surface area (Å²) < 4.78 is 40.2. The lowest BCUT2D eigenvalue weighted by atomic mass is 10.0. The SMILES string of the molecule is CN1CCN(C(=O)C2SCCN2C(=O)CC(N)Cc2cc(F)c(F)cc2F)CC1. The van der Waals surface area contributed by atoms with Crippen molar-refractivity contribution < 1.29 is 22.8 Å². The quantitative estimate of drug-likeness (QED) is 0.707. The predicted octanol–water partition coefficient (Wildman–Crippen LogP) is 1.04. The zero-order chi connectivity index (χ0) is 21.1. The summed E-state index contributed by atoms with van der Waals surface area (Å²) in [5.41, 5.74) is 5.89. The maximum absolute atomic E-state index is 13.8. The molecule has 0 aromatic heterocycles. The van der Waals surface area contributed by atoms with Gasteiger partial charge in [0, 0.05) is 57.0 Å². The van der Waals surface area contributed by atoms with Crippen LogP contribution < -0.4 is 5.73 Å². The van der Waals surface area contributed by atoms with Crippen molar-refractivity contribution in [2.24, 2.45) is 5.73 Å². The normalized spacial score (nSPS) is 21.5. The van der Waals surface area contributed by atoms with Gasteiger partial charge in [-0.3, -0.25) is 9.59 Å². The Balaban J connectivity index is 1.59. The second-order valence-electron chi connectivity index (χ2n) is 7.46. The van der Waals surface area contributed by atoms with Crippen molar-refractivity contribution in [2.45, 2.75) is 24.3 Å². The molecular formula is C19H25F3N4O2S. The van der Waals surface area contributed by atoms with E-state index in [-0.39, 0.29) is 30.2 Å². The molecule has 1 aromatic carbocycles. The molecule has 2 heterocycles. The summed E-state index contributed by atoms with van der Waals surface area (Å²) in [6, 6.07) is 0.466. The molecule has 2 aliphatic heterocycles. The summed E-state index contributed by atoms with van der Waals surface area (Å²) in [4.78, 5) is 31.0. The average molecular weight is 430 g/mol. The Labute approximate surface area is 172 Å². The zero-order valence-corrected chi connectivity index (χ0v) is 17.1. The minimum Gasteiger partial charge on any atom is -0.338 e. The smallest absolute Gasteiger partial charge is 0.255 e. The van der Waals surface area contributed by atoms with Crippen LogP contribution in [0.2, 0.25) is 0 Å². The van der Waals surface area contributed by atoms with E-state index in [4.69, 9.17) is 5.73 Å². The van der Waals surface area contributed by atoms with Gasteiger partial charge >= 0.3 is 0 Å². The van der Waals surface area contributed by atoms with Gasteiger partial charge in [-0.05, 0) is 25.1 Å². The first-order chi connectivity index (χ1) is 13.8. The molecule has 0 spiro atoms. The van der Waals surface area contributed by atoms with Crippen LogP contribution in [0, 0.1) is 17.5 Å². The van der Waals surface area contributed by atoms with Gasteiger partial charge in [0.25, 0.3) is 5.91 Å². The highest BCUT2D eigenvalue weighted by molar-refractivity contribution is 8.00. The second kappa shape index (κ2) is 9.36. The van der Waals surface area contributed by atoms with Gasteiger partial charge in [0.1, 0.15) is 5.82 Å². The number of halogens is 3. The third-order valence-corrected chi connectivity index (χ3v) is 6.44. The van der Waals surface area contributed by atoms with Gasteiger partial charge in [-0.15, -0.1) is 11.8 Å². The molecule has 1 aromatic rings. The molecule has 3 rings (SSSR count). The standard InChI is InChI=1S/C19H25F3N4O2S/c1-24-2-4-25(5-3-24)18(28)19-26(6-7-29-19)17(27)10-13(23)8-12-9-15(21)16(22)11-14(12)20/h9,11,13,19H,2-8,10,23H2,1H3. The van der Waals surface area contributed by atoms with Gasteiger partial charge in [-0.1, -0.05) is 0 Å². The molecule has 0 aliphatic carbocycles. The lowest BCUT2D eigenvalue weighted by Crippen LogP contribution is -2.53. The Bertz CT molecular complexity index is 774. The molecule has 2 aliphatic rings. The molecule has 2 unspecified atom stereocenters. The second-order valence-corrected chi connectivity index (χ2v) is 8.65. The number of likely N-dealkylation sites (N-methyl/N-ethyl adjacent to an activating group) is 1. The molecule has 0 saturated carbocycles. The largest absolute Gasteiger partial charge is 0.338 e. The van der Waals surface area contributed by atoms with Crippen LogP contribution in [-0.4, -0.2) is 83.5 Å². The van der Waals surface area contributed by atoms with Gasteiger partial charge in [0.15, 0.2) is 17.0 Å². The third kappa shape index (κ3) is 5.23. The van der Waals surface area contributed by atoms with Gasteiger partial charge in [0.05, 0.1) is 0 Å². The average Bonchev–Trinajstić information content (AvgIpc) is 3.16. The van der Waals surface area contributed by atoms with Crippen LogP contribution in [-0.2, 0) is 16.0 Å². The molecule has 2 atom stereocenters. The number of nitrogens with zero attached hydrogens (tertiary/aromatic N) is 3. The Hall–Kier alpha value is -1.78. The fourth-order valence-corrected chi connectivity index (χ4v) is 4.75. The van der Waals surface area contributed by atoms with Gasteiger partial charge in [-0.2, -0.15) is 0 Å². The van der Waals surface area contributed by atoms with Gasteiger partial charge < -0.3 is 20.4 Å². The topological polar surface area (TPSA) is 69.9 Å². The van der Waals surface area contributed by atoms with Crippen molar-refractivity contribution >= 4 is 23.6 Å². The summed E-state index contributed by atoms with van der Waals surface area (Å²) in [7, 11) is 2.00. The summed E-state index contributed by atoms with van der Waals surface area (Å²) in [5, 5.41) is -0.571. The highest BCUT2D eigenvalue weighted by Crippen LogP contribution is 2.27. The molecule has 2 fully saturated rings. The van der Waals surface area contributed by atoms with Gasteiger partial charge in [0.2, 0.25) is 5.91 Å². The number of amides is 2. The number of nitrogens with two attached hydrogens (primary N) is 1. The number of hydrogen-bond acceptors (Lipinski definition) is 5. The van der Waals surface area contributed by atoms with Crippen LogP contribution in [0.3, 0.4) is 0 Å². The number of piperazine rings is 1. The van der Waals surface area contributed by atoms with E-state index in [9.17, 15) is 22.8 Å². The lowest BCUT2D eigenvalue weighted by Gasteiger charge is -2.35. The van der Waals surface area contributed by atoms with E-state index >= 15 is 0 Å². The van der Waals surface area contributed by atoms with E-state index in [0.29, 0.717) is 31.5 Å². The molecule has 2 saturated heterocycles.